The van der Waals surface area contributed by atoms with Gasteiger partial charge in [0.25, 0.3) is 5.91 Å². The van der Waals surface area contributed by atoms with Gasteiger partial charge < -0.3 is 14.4 Å². The molecule has 1 aromatic rings. The largest absolute Gasteiger partial charge is 0.495 e. The first-order chi connectivity index (χ1) is 14.8. The van der Waals surface area contributed by atoms with Crippen LogP contribution in [-0.4, -0.2) is 69.4 Å². The lowest BCUT2D eigenvalue weighted by Gasteiger charge is -2.21. The molecule has 0 atom stereocenters. The summed E-state index contributed by atoms with van der Waals surface area (Å²) >= 11 is 0. The van der Waals surface area contributed by atoms with Gasteiger partial charge in [-0.1, -0.05) is 25.0 Å². The maximum atomic E-state index is 13.2. The molecule has 170 valence electrons. The number of carbonyl (C=O) groups is 2. The number of amides is 1. The number of hydrogen-bond donors (Lipinski definition) is 0. The van der Waals surface area contributed by atoms with Crippen LogP contribution in [0.3, 0.4) is 0 Å². The fourth-order valence-corrected chi connectivity index (χ4v) is 5.02. The molecule has 0 saturated carbocycles. The monoisotopic (exact) mass is 450 g/mol. The quantitative estimate of drug-likeness (QED) is 0.402. The van der Waals surface area contributed by atoms with Gasteiger partial charge in [-0.15, -0.1) is 13.2 Å². The van der Waals surface area contributed by atoms with E-state index < -0.39 is 28.5 Å². The van der Waals surface area contributed by atoms with Crippen molar-refractivity contribution in [3.63, 3.8) is 0 Å². The van der Waals surface area contributed by atoms with Crippen LogP contribution in [0.1, 0.15) is 36.0 Å². The van der Waals surface area contributed by atoms with E-state index in [1.165, 1.54) is 34.5 Å². The van der Waals surface area contributed by atoms with E-state index in [-0.39, 0.29) is 16.2 Å². The minimum Gasteiger partial charge on any atom is -0.495 e. The number of hydrogen-bond acceptors (Lipinski definition) is 6. The van der Waals surface area contributed by atoms with Gasteiger partial charge in [0, 0.05) is 26.2 Å². The summed E-state index contributed by atoms with van der Waals surface area (Å²) in [5, 5.41) is 0. The average Bonchev–Trinajstić information content (AvgIpc) is 3.07. The van der Waals surface area contributed by atoms with Crippen LogP contribution in [0.15, 0.2) is 48.4 Å². The summed E-state index contributed by atoms with van der Waals surface area (Å²) in [4.78, 5) is 26.1. The van der Waals surface area contributed by atoms with Crippen molar-refractivity contribution in [1.82, 2.24) is 9.21 Å². The Morgan fingerprint density at radius 1 is 1.10 bits per heavy atom. The Balaban J connectivity index is 2.20. The zero-order valence-electron chi connectivity index (χ0n) is 17.9. The van der Waals surface area contributed by atoms with E-state index in [1.54, 1.807) is 12.2 Å². The third kappa shape index (κ3) is 6.41. The van der Waals surface area contributed by atoms with Crippen LogP contribution in [0.4, 0.5) is 0 Å². The molecule has 9 heteroatoms. The molecular formula is C22H30N2O6S. The van der Waals surface area contributed by atoms with Crippen molar-refractivity contribution >= 4 is 21.9 Å². The number of rotatable bonds is 10. The molecule has 8 nitrogen and oxygen atoms in total. The molecule has 1 heterocycles. The number of ether oxygens (including phenoxy) is 2. The molecule has 31 heavy (non-hydrogen) atoms. The summed E-state index contributed by atoms with van der Waals surface area (Å²) in [6.45, 7) is 8.16. The normalized spacial score (nSPS) is 14.9. The van der Waals surface area contributed by atoms with Gasteiger partial charge in [0.2, 0.25) is 10.0 Å². The second-order valence-electron chi connectivity index (χ2n) is 7.14. The van der Waals surface area contributed by atoms with Crippen LogP contribution < -0.4 is 4.74 Å². The minimum absolute atomic E-state index is 0.0287. The smallest absolute Gasteiger partial charge is 0.338 e. The molecule has 0 aliphatic carbocycles. The highest BCUT2D eigenvalue weighted by Gasteiger charge is 2.29. The standard InChI is InChI=1S/C22H30N2O6S/c1-4-12-23(13-5-2)21(25)17-30-22(26)18-10-11-19(29-3)20(16-18)31(27,28)24-14-8-6-7-9-15-24/h4-5,10-11,16H,1-2,6-9,12-15,17H2,3H3. The Kier molecular flexibility index (Phi) is 9.26. The number of esters is 1. The van der Waals surface area contributed by atoms with Crippen molar-refractivity contribution in [1.29, 1.82) is 0 Å². The van der Waals surface area contributed by atoms with E-state index in [4.69, 9.17) is 9.47 Å². The number of benzene rings is 1. The van der Waals surface area contributed by atoms with Crippen molar-refractivity contribution < 1.29 is 27.5 Å². The van der Waals surface area contributed by atoms with Crippen LogP contribution in [0.25, 0.3) is 0 Å². The molecular weight excluding hydrogens is 420 g/mol. The Labute approximate surface area is 184 Å². The van der Waals surface area contributed by atoms with Crippen molar-refractivity contribution in [2.45, 2.75) is 30.6 Å². The molecule has 1 aliphatic rings. The summed E-state index contributed by atoms with van der Waals surface area (Å²) < 4.78 is 38.2. The van der Waals surface area contributed by atoms with Gasteiger partial charge in [-0.05, 0) is 31.0 Å². The molecule has 1 fully saturated rings. The molecule has 1 aliphatic heterocycles. The van der Waals surface area contributed by atoms with E-state index in [0.29, 0.717) is 26.2 Å². The molecule has 2 rings (SSSR count). The highest BCUT2D eigenvalue weighted by Crippen LogP contribution is 2.29. The van der Waals surface area contributed by atoms with Gasteiger partial charge in [-0.25, -0.2) is 13.2 Å². The minimum atomic E-state index is -3.84. The van der Waals surface area contributed by atoms with Crippen LogP contribution in [0, 0.1) is 0 Å². The van der Waals surface area contributed by atoms with Crippen molar-refractivity contribution in [3.05, 3.63) is 49.1 Å². The van der Waals surface area contributed by atoms with Gasteiger partial charge in [0.15, 0.2) is 6.61 Å². The third-order valence-electron chi connectivity index (χ3n) is 4.96. The lowest BCUT2D eigenvalue weighted by molar-refractivity contribution is -0.133. The van der Waals surface area contributed by atoms with Crippen molar-refractivity contribution in [3.8, 4) is 5.75 Å². The number of sulfonamides is 1. The lowest BCUT2D eigenvalue weighted by atomic mass is 10.2. The summed E-state index contributed by atoms with van der Waals surface area (Å²) in [6, 6.07) is 4.08. The Morgan fingerprint density at radius 3 is 2.26 bits per heavy atom. The van der Waals surface area contributed by atoms with E-state index >= 15 is 0 Å². The summed E-state index contributed by atoms with van der Waals surface area (Å²) in [5.74, 6) is -1.04. The second-order valence-corrected chi connectivity index (χ2v) is 9.04. The summed E-state index contributed by atoms with van der Waals surface area (Å²) in [6.07, 6.45) is 6.67. The van der Waals surface area contributed by atoms with Gasteiger partial charge >= 0.3 is 5.97 Å². The highest BCUT2D eigenvalue weighted by molar-refractivity contribution is 7.89. The zero-order valence-corrected chi connectivity index (χ0v) is 18.7. The first-order valence-electron chi connectivity index (χ1n) is 10.2. The molecule has 0 spiro atoms. The SMILES string of the molecule is C=CCN(CC=C)C(=O)COC(=O)c1ccc(OC)c(S(=O)(=O)N2CCCCCC2)c1. The number of nitrogens with zero attached hydrogens (tertiary/aromatic N) is 2. The first-order valence-corrected chi connectivity index (χ1v) is 11.6. The zero-order chi connectivity index (χ0) is 22.9. The molecule has 1 amide bonds. The van der Waals surface area contributed by atoms with Crippen LogP contribution >= 0.6 is 0 Å². The Hall–Kier alpha value is -2.65. The lowest BCUT2D eigenvalue weighted by Crippen LogP contribution is -2.35. The maximum absolute atomic E-state index is 13.2. The van der Waals surface area contributed by atoms with Crippen molar-refractivity contribution in [2.24, 2.45) is 0 Å². The van der Waals surface area contributed by atoms with Gasteiger partial charge in [-0.2, -0.15) is 4.31 Å². The number of methoxy groups -OCH3 is 1. The molecule has 1 saturated heterocycles. The Bertz CT molecular complexity index is 895. The first kappa shape index (κ1) is 24.6. The highest BCUT2D eigenvalue weighted by atomic mass is 32.2. The van der Waals surface area contributed by atoms with Crippen LogP contribution in [0.5, 0.6) is 5.75 Å². The topological polar surface area (TPSA) is 93.2 Å². The van der Waals surface area contributed by atoms with Gasteiger partial charge in [0.05, 0.1) is 12.7 Å². The predicted octanol–water partition coefficient (Wildman–Crippen LogP) is 2.62. The number of carbonyl (C=O) groups excluding carboxylic acids is 2. The fourth-order valence-electron chi connectivity index (χ4n) is 3.32. The molecule has 0 N–H and O–H groups in total. The van der Waals surface area contributed by atoms with Crippen LogP contribution in [0.2, 0.25) is 0 Å². The van der Waals surface area contributed by atoms with E-state index in [0.717, 1.165) is 25.7 Å². The summed E-state index contributed by atoms with van der Waals surface area (Å²) in [5.41, 5.74) is 0.0287. The molecule has 1 aromatic carbocycles. The maximum Gasteiger partial charge on any atom is 0.338 e. The van der Waals surface area contributed by atoms with E-state index in [1.807, 2.05) is 0 Å². The van der Waals surface area contributed by atoms with Gasteiger partial charge in [0.1, 0.15) is 10.6 Å². The van der Waals surface area contributed by atoms with Crippen molar-refractivity contribution in [2.75, 3.05) is 39.9 Å². The average molecular weight is 451 g/mol. The van der Waals surface area contributed by atoms with E-state index in [2.05, 4.69) is 13.2 Å². The molecule has 0 unspecified atom stereocenters. The van der Waals surface area contributed by atoms with E-state index in [9.17, 15) is 18.0 Å². The Morgan fingerprint density at radius 2 is 1.71 bits per heavy atom. The molecule has 0 aromatic heterocycles. The third-order valence-corrected chi connectivity index (χ3v) is 6.88. The fraction of sp³-hybridized carbons (Fsp3) is 0.455. The molecule has 0 bridgehead atoms. The predicted molar refractivity (Wildman–Crippen MR) is 117 cm³/mol. The summed E-state index contributed by atoms with van der Waals surface area (Å²) in [7, 11) is -2.46. The second kappa shape index (κ2) is 11.7. The van der Waals surface area contributed by atoms with Gasteiger partial charge in [-0.3, -0.25) is 4.79 Å². The van der Waals surface area contributed by atoms with Crippen LogP contribution in [-0.2, 0) is 19.6 Å². The molecule has 0 radical (unpaired) electrons.